The van der Waals surface area contributed by atoms with E-state index < -0.39 is 0 Å². The summed E-state index contributed by atoms with van der Waals surface area (Å²) in [5.41, 5.74) is 3.73. The van der Waals surface area contributed by atoms with Crippen molar-refractivity contribution in [2.24, 2.45) is 0 Å². The largest absolute Gasteiger partial charge is 0.334 e. The van der Waals surface area contributed by atoms with Gasteiger partial charge in [0.15, 0.2) is 0 Å². The molecule has 2 heterocycles. The lowest BCUT2D eigenvalue weighted by Crippen LogP contribution is -2.18. The smallest absolute Gasteiger partial charge is 0.276 e. The summed E-state index contributed by atoms with van der Waals surface area (Å²) in [6.07, 6.45) is 6.03. The molecule has 3 rings (SSSR count). The maximum atomic E-state index is 12.5. The maximum Gasteiger partial charge on any atom is 0.276 e. The molecule has 0 saturated heterocycles. The minimum Gasteiger partial charge on any atom is -0.334 e. The zero-order chi connectivity index (χ0) is 16.2. The van der Waals surface area contributed by atoms with Crippen LogP contribution in [0.25, 0.3) is 0 Å². The number of aromatic nitrogens is 2. The van der Waals surface area contributed by atoms with Crippen LogP contribution in [0.2, 0.25) is 0 Å². The standard InChI is InChI=1S/C18H24N4O/c1-21(2)12-10-14-6-8-15(9-7-14)20-18(23)17-16-5-3-4-11-22(16)13-19-17/h6-9,13H,3-5,10-12H2,1-2H3,(H,20,23). The van der Waals surface area contributed by atoms with Gasteiger partial charge >= 0.3 is 0 Å². The number of hydrogen-bond acceptors (Lipinski definition) is 3. The van der Waals surface area contributed by atoms with Crippen molar-refractivity contribution in [3.05, 3.63) is 47.5 Å². The van der Waals surface area contributed by atoms with Crippen molar-refractivity contribution in [3.8, 4) is 0 Å². The summed E-state index contributed by atoms with van der Waals surface area (Å²) in [4.78, 5) is 18.9. The molecule has 1 aromatic heterocycles. The Bertz CT molecular complexity index is 673. The number of nitrogens with one attached hydrogen (secondary N) is 1. The number of aryl methyl sites for hydroxylation is 1. The van der Waals surface area contributed by atoms with E-state index >= 15 is 0 Å². The van der Waals surface area contributed by atoms with Crippen LogP contribution in [-0.2, 0) is 19.4 Å². The fraction of sp³-hybridized carbons (Fsp3) is 0.444. The lowest BCUT2D eigenvalue weighted by atomic mass is 10.1. The van der Waals surface area contributed by atoms with Gasteiger partial charge in [0.1, 0.15) is 5.69 Å². The zero-order valence-electron chi connectivity index (χ0n) is 13.9. The average Bonchev–Trinajstić information content (AvgIpc) is 2.98. The fourth-order valence-corrected chi connectivity index (χ4v) is 2.92. The predicted molar refractivity (Wildman–Crippen MR) is 91.8 cm³/mol. The third-order valence-corrected chi connectivity index (χ3v) is 4.28. The monoisotopic (exact) mass is 312 g/mol. The van der Waals surface area contributed by atoms with Crippen molar-refractivity contribution < 1.29 is 4.79 Å². The molecule has 0 fully saturated rings. The van der Waals surface area contributed by atoms with E-state index in [-0.39, 0.29) is 5.91 Å². The van der Waals surface area contributed by atoms with Crippen LogP contribution in [0, 0.1) is 0 Å². The van der Waals surface area contributed by atoms with Crippen molar-refractivity contribution in [1.82, 2.24) is 14.5 Å². The van der Waals surface area contributed by atoms with Crippen LogP contribution < -0.4 is 5.32 Å². The number of carbonyl (C=O) groups is 1. The summed E-state index contributed by atoms with van der Waals surface area (Å²) in [5, 5.41) is 2.96. The average molecular weight is 312 g/mol. The molecular weight excluding hydrogens is 288 g/mol. The van der Waals surface area contributed by atoms with Gasteiger partial charge in [-0.3, -0.25) is 4.79 Å². The van der Waals surface area contributed by atoms with Crippen molar-refractivity contribution in [3.63, 3.8) is 0 Å². The lowest BCUT2D eigenvalue weighted by Gasteiger charge is -2.15. The topological polar surface area (TPSA) is 50.2 Å². The fourth-order valence-electron chi connectivity index (χ4n) is 2.92. The third-order valence-electron chi connectivity index (χ3n) is 4.28. The minimum atomic E-state index is -0.110. The highest BCUT2D eigenvalue weighted by molar-refractivity contribution is 6.03. The molecule has 1 N–H and O–H groups in total. The van der Waals surface area contributed by atoms with Crippen LogP contribution in [-0.4, -0.2) is 41.0 Å². The van der Waals surface area contributed by atoms with Gasteiger partial charge in [0.05, 0.1) is 12.0 Å². The highest BCUT2D eigenvalue weighted by atomic mass is 16.1. The lowest BCUT2D eigenvalue weighted by molar-refractivity contribution is 0.102. The van der Waals surface area contributed by atoms with E-state index in [1.165, 1.54) is 12.0 Å². The SMILES string of the molecule is CN(C)CCc1ccc(NC(=O)c2ncn3c2CCCC3)cc1. The Labute approximate surface area is 137 Å². The number of amides is 1. The van der Waals surface area contributed by atoms with Gasteiger partial charge in [-0.2, -0.15) is 0 Å². The molecule has 122 valence electrons. The number of carbonyl (C=O) groups excluding carboxylic acids is 1. The first-order valence-electron chi connectivity index (χ1n) is 8.22. The van der Waals surface area contributed by atoms with Crippen molar-refractivity contribution in [1.29, 1.82) is 0 Å². The van der Waals surface area contributed by atoms with Gasteiger partial charge < -0.3 is 14.8 Å². The molecular formula is C18H24N4O. The second-order valence-corrected chi connectivity index (χ2v) is 6.39. The van der Waals surface area contributed by atoms with E-state index in [1.807, 2.05) is 12.1 Å². The van der Waals surface area contributed by atoms with Crippen LogP contribution in [0.3, 0.4) is 0 Å². The highest BCUT2D eigenvalue weighted by Crippen LogP contribution is 2.19. The second-order valence-electron chi connectivity index (χ2n) is 6.39. The summed E-state index contributed by atoms with van der Waals surface area (Å²) in [5.74, 6) is -0.110. The number of benzene rings is 1. The molecule has 5 heteroatoms. The Morgan fingerprint density at radius 2 is 2.04 bits per heavy atom. The number of anilines is 1. The molecule has 0 radical (unpaired) electrons. The second kappa shape index (κ2) is 6.96. The number of rotatable bonds is 5. The maximum absolute atomic E-state index is 12.5. The van der Waals surface area contributed by atoms with Crippen LogP contribution in [0.15, 0.2) is 30.6 Å². The molecule has 0 unspecified atom stereocenters. The van der Waals surface area contributed by atoms with Gasteiger partial charge in [0.2, 0.25) is 0 Å². The molecule has 5 nitrogen and oxygen atoms in total. The van der Waals surface area contributed by atoms with Gasteiger partial charge in [-0.15, -0.1) is 0 Å². The van der Waals surface area contributed by atoms with E-state index in [0.717, 1.165) is 43.7 Å². The summed E-state index contributed by atoms with van der Waals surface area (Å²) in [7, 11) is 4.14. The first kappa shape index (κ1) is 15.7. The van der Waals surface area contributed by atoms with Crippen LogP contribution in [0.5, 0.6) is 0 Å². The first-order chi connectivity index (χ1) is 11.1. The minimum absolute atomic E-state index is 0.110. The van der Waals surface area contributed by atoms with Crippen LogP contribution in [0.1, 0.15) is 34.6 Å². The molecule has 1 amide bonds. The quantitative estimate of drug-likeness (QED) is 0.923. The molecule has 23 heavy (non-hydrogen) atoms. The number of hydrogen-bond donors (Lipinski definition) is 1. The number of imidazole rings is 1. The number of nitrogens with zero attached hydrogens (tertiary/aromatic N) is 3. The van der Waals surface area contributed by atoms with Crippen molar-refractivity contribution in [2.75, 3.05) is 26.0 Å². The van der Waals surface area contributed by atoms with Crippen molar-refractivity contribution >= 4 is 11.6 Å². The molecule has 2 aromatic rings. The van der Waals surface area contributed by atoms with Gasteiger partial charge in [-0.1, -0.05) is 12.1 Å². The van der Waals surface area contributed by atoms with Crippen LogP contribution >= 0.6 is 0 Å². The van der Waals surface area contributed by atoms with Gasteiger partial charge in [-0.05, 0) is 57.5 Å². The van der Waals surface area contributed by atoms with E-state index in [1.54, 1.807) is 6.33 Å². The van der Waals surface area contributed by atoms with E-state index in [9.17, 15) is 4.79 Å². The van der Waals surface area contributed by atoms with E-state index in [2.05, 4.69) is 46.0 Å². The van der Waals surface area contributed by atoms with E-state index in [4.69, 9.17) is 0 Å². The normalized spacial score (nSPS) is 13.9. The number of likely N-dealkylation sites (N-methyl/N-ethyl adjacent to an activating group) is 1. The molecule has 0 saturated carbocycles. The molecule has 0 spiro atoms. The summed E-state index contributed by atoms with van der Waals surface area (Å²) in [6.45, 7) is 1.99. The molecule has 1 aliphatic heterocycles. The van der Waals surface area contributed by atoms with E-state index in [0.29, 0.717) is 5.69 Å². The zero-order valence-corrected chi connectivity index (χ0v) is 13.9. The Morgan fingerprint density at radius 3 is 2.78 bits per heavy atom. The predicted octanol–water partition coefficient (Wildman–Crippen LogP) is 2.58. The van der Waals surface area contributed by atoms with Gasteiger partial charge in [0.25, 0.3) is 5.91 Å². The molecule has 1 aliphatic rings. The molecule has 0 bridgehead atoms. The number of fused-ring (bicyclic) bond motifs is 1. The van der Waals surface area contributed by atoms with Gasteiger partial charge in [0, 0.05) is 18.8 Å². The Morgan fingerprint density at radius 1 is 1.26 bits per heavy atom. The summed E-state index contributed by atoms with van der Waals surface area (Å²) < 4.78 is 2.10. The van der Waals surface area contributed by atoms with Crippen molar-refractivity contribution in [2.45, 2.75) is 32.2 Å². The Balaban J connectivity index is 1.65. The summed E-state index contributed by atoms with van der Waals surface area (Å²) >= 11 is 0. The molecule has 0 atom stereocenters. The highest BCUT2D eigenvalue weighted by Gasteiger charge is 2.20. The Hall–Kier alpha value is -2.14. The molecule has 0 aliphatic carbocycles. The van der Waals surface area contributed by atoms with Crippen LogP contribution in [0.4, 0.5) is 5.69 Å². The Kier molecular flexibility index (Phi) is 4.76. The molecule has 1 aromatic carbocycles. The third kappa shape index (κ3) is 3.79. The summed E-state index contributed by atoms with van der Waals surface area (Å²) in [6, 6.07) is 8.07. The van der Waals surface area contributed by atoms with Gasteiger partial charge in [-0.25, -0.2) is 4.98 Å². The first-order valence-corrected chi connectivity index (χ1v) is 8.22.